The molecule has 114 valence electrons. The van der Waals surface area contributed by atoms with Gasteiger partial charge in [-0.25, -0.2) is 4.98 Å². The normalized spacial score (nSPS) is 11.7. The van der Waals surface area contributed by atoms with Crippen molar-refractivity contribution in [1.29, 1.82) is 0 Å². The first kappa shape index (κ1) is 15.6. The van der Waals surface area contributed by atoms with Crippen molar-refractivity contribution in [2.24, 2.45) is 0 Å². The molecule has 1 aromatic carbocycles. The van der Waals surface area contributed by atoms with Crippen molar-refractivity contribution in [2.75, 3.05) is 37.5 Å². The molecule has 0 aliphatic heterocycles. The maximum Gasteiger partial charge on any atom is 0.136 e. The Kier molecular flexibility index (Phi) is 4.37. The molecule has 0 aliphatic rings. The van der Waals surface area contributed by atoms with Gasteiger partial charge in [0.25, 0.3) is 0 Å². The summed E-state index contributed by atoms with van der Waals surface area (Å²) < 4.78 is 0. The maximum absolute atomic E-state index is 9.17. The van der Waals surface area contributed by atoms with E-state index in [1.165, 1.54) is 5.56 Å². The molecule has 0 saturated heterocycles. The second kappa shape index (κ2) is 5.90. The number of pyridine rings is 1. The number of aliphatic hydroxyl groups excluding tert-OH is 1. The number of anilines is 2. The Bertz CT molecular complexity index is 632. The number of hydrogen-bond acceptors (Lipinski definition) is 4. The van der Waals surface area contributed by atoms with Crippen molar-refractivity contribution < 1.29 is 5.11 Å². The van der Waals surface area contributed by atoms with Crippen LogP contribution in [0.15, 0.2) is 24.4 Å². The highest BCUT2D eigenvalue weighted by atomic mass is 16.3. The highest BCUT2D eigenvalue weighted by molar-refractivity contribution is 6.00. The molecule has 0 radical (unpaired) electrons. The second-order valence-electron chi connectivity index (χ2n) is 6.40. The molecule has 4 nitrogen and oxygen atoms in total. The molecule has 0 amide bonds. The molecule has 0 atom stereocenters. The molecular formula is C17H25N3O. The summed E-state index contributed by atoms with van der Waals surface area (Å²) in [7, 11) is 3.87. The van der Waals surface area contributed by atoms with Crippen LogP contribution in [0.3, 0.4) is 0 Å². The molecule has 1 heterocycles. The second-order valence-corrected chi connectivity index (χ2v) is 6.40. The monoisotopic (exact) mass is 287 g/mol. The van der Waals surface area contributed by atoms with Gasteiger partial charge in [-0.3, -0.25) is 0 Å². The van der Waals surface area contributed by atoms with E-state index in [9.17, 15) is 5.11 Å². The first-order valence-electron chi connectivity index (χ1n) is 7.31. The average molecular weight is 287 g/mol. The molecule has 0 aliphatic carbocycles. The number of likely N-dealkylation sites (N-methyl/N-ethyl adjacent to an activating group) is 1. The minimum absolute atomic E-state index is 0.0939. The number of benzene rings is 1. The first-order valence-corrected chi connectivity index (χ1v) is 7.31. The van der Waals surface area contributed by atoms with Gasteiger partial charge in [0.1, 0.15) is 5.82 Å². The van der Waals surface area contributed by atoms with Crippen molar-refractivity contribution >= 4 is 22.3 Å². The number of aliphatic hydroxyl groups is 1. The Labute approximate surface area is 126 Å². The average Bonchev–Trinajstić information content (AvgIpc) is 2.44. The van der Waals surface area contributed by atoms with Gasteiger partial charge in [0.15, 0.2) is 0 Å². The Morgan fingerprint density at radius 2 is 1.95 bits per heavy atom. The molecule has 0 saturated carbocycles. The number of hydrogen-bond donors (Lipinski definition) is 2. The summed E-state index contributed by atoms with van der Waals surface area (Å²) in [6.45, 7) is 7.31. The minimum atomic E-state index is 0.0939. The molecule has 1 aromatic heterocycles. The van der Waals surface area contributed by atoms with Crippen LogP contribution >= 0.6 is 0 Å². The van der Waals surface area contributed by atoms with Crippen LogP contribution in [0.1, 0.15) is 26.3 Å². The highest BCUT2D eigenvalue weighted by Crippen LogP contribution is 2.33. The molecular weight excluding hydrogens is 262 g/mol. The number of fused-ring (bicyclic) bond motifs is 1. The third kappa shape index (κ3) is 3.10. The van der Waals surface area contributed by atoms with E-state index in [1.807, 2.05) is 25.2 Å². The number of nitrogens with one attached hydrogen (secondary N) is 1. The van der Waals surface area contributed by atoms with Crippen LogP contribution < -0.4 is 10.2 Å². The SMILES string of the molecule is CNc1cnc(N(C)CCO)c2cc(C(C)(C)C)ccc12. The largest absolute Gasteiger partial charge is 0.395 e. The van der Waals surface area contributed by atoms with Gasteiger partial charge in [0.2, 0.25) is 0 Å². The fourth-order valence-electron chi connectivity index (χ4n) is 2.45. The lowest BCUT2D eigenvalue weighted by molar-refractivity contribution is 0.304. The third-order valence-corrected chi connectivity index (χ3v) is 3.80. The Morgan fingerprint density at radius 1 is 1.24 bits per heavy atom. The zero-order valence-electron chi connectivity index (χ0n) is 13.6. The van der Waals surface area contributed by atoms with E-state index in [4.69, 9.17) is 0 Å². The molecule has 2 rings (SSSR count). The lowest BCUT2D eigenvalue weighted by Crippen LogP contribution is -2.22. The Balaban J connectivity index is 2.68. The van der Waals surface area contributed by atoms with Crippen molar-refractivity contribution in [3.05, 3.63) is 30.0 Å². The molecule has 0 spiro atoms. The van der Waals surface area contributed by atoms with E-state index in [0.29, 0.717) is 6.54 Å². The van der Waals surface area contributed by atoms with Crippen molar-refractivity contribution in [3.8, 4) is 0 Å². The molecule has 4 heteroatoms. The van der Waals surface area contributed by atoms with Crippen LogP contribution in [0.2, 0.25) is 0 Å². The topological polar surface area (TPSA) is 48.4 Å². The van der Waals surface area contributed by atoms with Crippen LogP contribution in [0, 0.1) is 0 Å². The summed E-state index contributed by atoms with van der Waals surface area (Å²) in [4.78, 5) is 6.57. The van der Waals surface area contributed by atoms with Crippen molar-refractivity contribution in [3.63, 3.8) is 0 Å². The Hall–Kier alpha value is -1.81. The fraction of sp³-hybridized carbons (Fsp3) is 0.471. The summed E-state index contributed by atoms with van der Waals surface area (Å²) in [6.07, 6.45) is 1.85. The molecule has 2 aromatic rings. The highest BCUT2D eigenvalue weighted by Gasteiger charge is 2.17. The zero-order valence-corrected chi connectivity index (χ0v) is 13.6. The summed E-state index contributed by atoms with van der Waals surface area (Å²) in [6, 6.07) is 6.55. The van der Waals surface area contributed by atoms with Crippen molar-refractivity contribution in [2.45, 2.75) is 26.2 Å². The minimum Gasteiger partial charge on any atom is -0.395 e. The van der Waals surface area contributed by atoms with Gasteiger partial charge in [0, 0.05) is 31.4 Å². The Morgan fingerprint density at radius 3 is 2.52 bits per heavy atom. The molecule has 2 N–H and O–H groups in total. The predicted molar refractivity (Wildman–Crippen MR) is 90.3 cm³/mol. The zero-order chi connectivity index (χ0) is 15.6. The van der Waals surface area contributed by atoms with Gasteiger partial charge in [-0.1, -0.05) is 32.9 Å². The van der Waals surface area contributed by atoms with E-state index >= 15 is 0 Å². The van der Waals surface area contributed by atoms with Crippen LogP contribution in [0.5, 0.6) is 0 Å². The predicted octanol–water partition coefficient (Wildman–Crippen LogP) is 3.00. The first-order chi connectivity index (χ1) is 9.88. The smallest absolute Gasteiger partial charge is 0.136 e. The van der Waals surface area contributed by atoms with E-state index in [2.05, 4.69) is 49.3 Å². The number of rotatable bonds is 4. The van der Waals surface area contributed by atoms with Gasteiger partial charge in [-0.15, -0.1) is 0 Å². The van der Waals surface area contributed by atoms with E-state index in [-0.39, 0.29) is 12.0 Å². The van der Waals surface area contributed by atoms with E-state index in [0.717, 1.165) is 22.3 Å². The quantitative estimate of drug-likeness (QED) is 0.907. The van der Waals surface area contributed by atoms with Crippen LogP contribution in [0.4, 0.5) is 11.5 Å². The van der Waals surface area contributed by atoms with Gasteiger partial charge in [0.05, 0.1) is 18.5 Å². The number of nitrogens with zero attached hydrogens (tertiary/aromatic N) is 2. The van der Waals surface area contributed by atoms with Gasteiger partial charge in [-0.05, 0) is 17.0 Å². The standard InChI is InChI=1S/C17H25N3O/c1-17(2,3)12-6-7-13-14(10-12)16(20(5)8-9-21)19-11-15(13)18-4/h6-7,10-11,18,21H,8-9H2,1-5H3. The number of aromatic nitrogens is 1. The third-order valence-electron chi connectivity index (χ3n) is 3.80. The van der Waals surface area contributed by atoms with Crippen LogP contribution in [0.25, 0.3) is 10.8 Å². The molecule has 21 heavy (non-hydrogen) atoms. The maximum atomic E-state index is 9.17. The fourth-order valence-corrected chi connectivity index (χ4v) is 2.45. The summed E-state index contributed by atoms with van der Waals surface area (Å²) >= 11 is 0. The molecule has 0 unspecified atom stereocenters. The summed E-state index contributed by atoms with van der Waals surface area (Å²) in [5.74, 6) is 0.907. The van der Waals surface area contributed by atoms with Gasteiger partial charge >= 0.3 is 0 Å². The molecule has 0 bridgehead atoms. The van der Waals surface area contributed by atoms with Crippen LogP contribution in [-0.2, 0) is 5.41 Å². The van der Waals surface area contributed by atoms with E-state index < -0.39 is 0 Å². The lowest BCUT2D eigenvalue weighted by Gasteiger charge is -2.23. The lowest BCUT2D eigenvalue weighted by atomic mass is 9.86. The van der Waals surface area contributed by atoms with E-state index in [1.54, 1.807) is 0 Å². The molecule has 0 fully saturated rings. The van der Waals surface area contributed by atoms with Crippen molar-refractivity contribution in [1.82, 2.24) is 4.98 Å². The summed E-state index contributed by atoms with van der Waals surface area (Å²) in [5, 5.41) is 14.6. The summed E-state index contributed by atoms with van der Waals surface area (Å²) in [5.41, 5.74) is 2.40. The van der Waals surface area contributed by atoms with Gasteiger partial charge in [-0.2, -0.15) is 0 Å². The van der Waals surface area contributed by atoms with Gasteiger partial charge < -0.3 is 15.3 Å². The van der Waals surface area contributed by atoms with Crippen LogP contribution in [-0.4, -0.2) is 37.3 Å².